The van der Waals surface area contributed by atoms with Crippen molar-refractivity contribution >= 4 is 23.0 Å². The Morgan fingerprint density at radius 2 is 1.89 bits per heavy atom. The number of fused-ring (bicyclic) bond motifs is 1. The SMILES string of the molecule is CO.COCc1ccc2c(c1)CCCC2(O)c1ncc(-c2cc(C)cc(Nc3cc(OC)ccn3)n2)s1. The Morgan fingerprint density at radius 3 is 2.68 bits per heavy atom. The number of benzene rings is 1. The molecule has 0 saturated heterocycles. The van der Waals surface area contributed by atoms with Gasteiger partial charge < -0.3 is 25.0 Å². The molecule has 0 saturated carbocycles. The van der Waals surface area contributed by atoms with Crippen LogP contribution in [0.1, 0.15) is 40.1 Å². The molecular formula is C28H32N4O4S. The molecule has 8 nitrogen and oxygen atoms in total. The van der Waals surface area contributed by atoms with E-state index in [1.807, 2.05) is 37.3 Å². The highest BCUT2D eigenvalue weighted by Gasteiger charge is 2.39. The molecule has 37 heavy (non-hydrogen) atoms. The van der Waals surface area contributed by atoms with Gasteiger partial charge in [-0.1, -0.05) is 18.2 Å². The number of aromatic nitrogens is 3. The van der Waals surface area contributed by atoms with Crippen LogP contribution in [-0.4, -0.2) is 46.5 Å². The number of rotatable bonds is 7. The number of aliphatic hydroxyl groups excluding tert-OH is 1. The zero-order chi connectivity index (χ0) is 26.4. The Kier molecular flexibility index (Phi) is 8.50. The first-order valence-corrected chi connectivity index (χ1v) is 12.8. The van der Waals surface area contributed by atoms with E-state index in [4.69, 9.17) is 19.6 Å². The lowest BCUT2D eigenvalue weighted by Gasteiger charge is -2.33. The van der Waals surface area contributed by atoms with Gasteiger partial charge in [0.1, 0.15) is 28.0 Å². The fourth-order valence-corrected chi connectivity index (χ4v) is 5.59. The fraction of sp³-hybridized carbons (Fsp3) is 0.321. The maximum Gasteiger partial charge on any atom is 0.141 e. The summed E-state index contributed by atoms with van der Waals surface area (Å²) in [6.45, 7) is 2.59. The van der Waals surface area contributed by atoms with Crippen molar-refractivity contribution in [2.45, 2.75) is 38.4 Å². The van der Waals surface area contributed by atoms with E-state index in [0.717, 1.165) is 58.5 Å². The minimum atomic E-state index is -1.10. The second-order valence-electron chi connectivity index (χ2n) is 8.79. The van der Waals surface area contributed by atoms with Crippen LogP contribution in [0.15, 0.2) is 54.9 Å². The van der Waals surface area contributed by atoms with Gasteiger partial charge in [-0.2, -0.15) is 0 Å². The number of pyridine rings is 2. The monoisotopic (exact) mass is 520 g/mol. The van der Waals surface area contributed by atoms with Crippen LogP contribution in [0.4, 0.5) is 11.6 Å². The van der Waals surface area contributed by atoms with E-state index in [1.54, 1.807) is 32.7 Å². The van der Waals surface area contributed by atoms with Gasteiger partial charge in [0.15, 0.2) is 0 Å². The van der Waals surface area contributed by atoms with Gasteiger partial charge in [-0.15, -0.1) is 11.3 Å². The van der Waals surface area contributed by atoms with Crippen molar-refractivity contribution in [3.05, 3.63) is 82.1 Å². The van der Waals surface area contributed by atoms with Gasteiger partial charge >= 0.3 is 0 Å². The molecule has 3 aromatic heterocycles. The number of aliphatic hydroxyl groups is 2. The van der Waals surface area contributed by atoms with Crippen molar-refractivity contribution < 1.29 is 19.7 Å². The van der Waals surface area contributed by atoms with Gasteiger partial charge in [-0.05, 0) is 66.6 Å². The van der Waals surface area contributed by atoms with Crippen LogP contribution < -0.4 is 10.1 Å². The summed E-state index contributed by atoms with van der Waals surface area (Å²) in [6.07, 6.45) is 5.99. The number of hydrogen-bond donors (Lipinski definition) is 3. The average molecular weight is 521 g/mol. The molecule has 0 fully saturated rings. The van der Waals surface area contributed by atoms with Crippen molar-refractivity contribution in [3.63, 3.8) is 0 Å². The summed E-state index contributed by atoms with van der Waals surface area (Å²) in [5.41, 5.74) is 3.98. The summed E-state index contributed by atoms with van der Waals surface area (Å²) in [6, 6.07) is 13.8. The molecule has 1 unspecified atom stereocenters. The van der Waals surface area contributed by atoms with Crippen LogP contribution >= 0.6 is 11.3 Å². The first kappa shape index (κ1) is 26.7. The lowest BCUT2D eigenvalue weighted by atomic mass is 9.79. The van der Waals surface area contributed by atoms with Gasteiger partial charge in [0, 0.05) is 32.7 Å². The third-order valence-corrected chi connectivity index (χ3v) is 7.39. The number of thiazole rings is 1. The number of ether oxygens (including phenoxy) is 2. The van der Waals surface area contributed by atoms with Crippen LogP contribution in [0.5, 0.6) is 5.75 Å². The first-order valence-electron chi connectivity index (χ1n) is 12.0. The fourth-order valence-electron chi connectivity index (χ4n) is 4.58. The molecule has 1 aromatic carbocycles. The predicted molar refractivity (Wildman–Crippen MR) is 145 cm³/mol. The largest absolute Gasteiger partial charge is 0.497 e. The van der Waals surface area contributed by atoms with Gasteiger partial charge in [0.05, 0.1) is 24.3 Å². The minimum absolute atomic E-state index is 0.563. The van der Waals surface area contributed by atoms with Crippen molar-refractivity contribution in [3.8, 4) is 16.3 Å². The normalized spacial score (nSPS) is 16.4. The Bertz CT molecular complexity index is 1360. The number of aryl methyl sites for hydroxylation is 2. The zero-order valence-corrected chi connectivity index (χ0v) is 22.3. The lowest BCUT2D eigenvalue weighted by Crippen LogP contribution is -2.31. The molecule has 3 N–H and O–H groups in total. The molecule has 194 valence electrons. The van der Waals surface area contributed by atoms with Crippen molar-refractivity contribution in [1.82, 2.24) is 15.0 Å². The standard InChI is InChI=1S/C27H28N4O3S.CH4O/c1-17-11-22(30-25(12-17)31-24-14-20(34-3)8-10-28-24)23-15-29-26(35-23)27(32)9-4-5-19-13-18(16-33-2)6-7-21(19)27;1-2/h6-8,10-15,32H,4-5,9,16H2,1-3H3,(H,28,30,31);2H,1H3. The topological polar surface area (TPSA) is 110 Å². The van der Waals surface area contributed by atoms with Crippen molar-refractivity contribution in [1.29, 1.82) is 0 Å². The van der Waals surface area contributed by atoms with Crippen molar-refractivity contribution in [2.75, 3.05) is 26.6 Å². The van der Waals surface area contributed by atoms with Gasteiger partial charge in [0.2, 0.25) is 0 Å². The Labute approximate surface area is 221 Å². The first-order chi connectivity index (χ1) is 18.0. The number of anilines is 2. The Hall–Kier alpha value is -3.37. The summed E-state index contributed by atoms with van der Waals surface area (Å²) in [5, 5.41) is 22.7. The van der Waals surface area contributed by atoms with E-state index < -0.39 is 5.60 Å². The highest BCUT2D eigenvalue weighted by atomic mass is 32.1. The summed E-state index contributed by atoms with van der Waals surface area (Å²) in [7, 11) is 4.32. The second kappa shape index (κ2) is 11.8. The molecule has 3 heterocycles. The minimum Gasteiger partial charge on any atom is -0.497 e. The lowest BCUT2D eigenvalue weighted by molar-refractivity contribution is 0.0612. The predicted octanol–water partition coefficient (Wildman–Crippen LogP) is 4.99. The molecule has 9 heteroatoms. The van der Waals surface area contributed by atoms with E-state index in [-0.39, 0.29) is 0 Å². The summed E-state index contributed by atoms with van der Waals surface area (Å²) in [5.74, 6) is 2.06. The summed E-state index contributed by atoms with van der Waals surface area (Å²) >= 11 is 1.49. The number of nitrogens with one attached hydrogen (secondary N) is 1. The molecule has 5 rings (SSSR count). The second-order valence-corrected chi connectivity index (χ2v) is 9.82. The van der Waals surface area contributed by atoms with Crippen LogP contribution in [0, 0.1) is 6.92 Å². The zero-order valence-electron chi connectivity index (χ0n) is 21.5. The highest BCUT2D eigenvalue weighted by molar-refractivity contribution is 7.15. The maximum absolute atomic E-state index is 11.8. The van der Waals surface area contributed by atoms with Crippen LogP contribution in [-0.2, 0) is 23.4 Å². The molecule has 0 aliphatic heterocycles. The Morgan fingerprint density at radius 1 is 1.05 bits per heavy atom. The molecule has 0 bridgehead atoms. The van der Waals surface area contributed by atoms with E-state index in [2.05, 4.69) is 21.4 Å². The molecule has 4 aromatic rings. The average Bonchev–Trinajstić information content (AvgIpc) is 3.41. The van der Waals surface area contributed by atoms with Gasteiger partial charge in [-0.3, -0.25) is 0 Å². The molecule has 1 aliphatic carbocycles. The van der Waals surface area contributed by atoms with Crippen LogP contribution in [0.25, 0.3) is 10.6 Å². The molecule has 0 spiro atoms. The van der Waals surface area contributed by atoms with E-state index in [9.17, 15) is 5.11 Å². The molecule has 1 aliphatic rings. The molecule has 1 atom stereocenters. The third-order valence-electron chi connectivity index (χ3n) is 6.22. The highest BCUT2D eigenvalue weighted by Crippen LogP contribution is 2.43. The summed E-state index contributed by atoms with van der Waals surface area (Å²) in [4.78, 5) is 14.7. The molecule has 0 amide bonds. The molecular weight excluding hydrogens is 488 g/mol. The molecule has 0 radical (unpaired) electrons. The quantitative estimate of drug-likeness (QED) is 0.313. The van der Waals surface area contributed by atoms with E-state index in [0.29, 0.717) is 29.7 Å². The van der Waals surface area contributed by atoms with Crippen LogP contribution in [0.3, 0.4) is 0 Å². The third kappa shape index (κ3) is 5.80. The number of nitrogens with zero attached hydrogens (tertiary/aromatic N) is 3. The Balaban J connectivity index is 0.00000156. The number of methoxy groups -OCH3 is 2. The maximum atomic E-state index is 11.8. The van der Waals surface area contributed by atoms with E-state index in [1.165, 1.54) is 11.3 Å². The van der Waals surface area contributed by atoms with E-state index >= 15 is 0 Å². The van der Waals surface area contributed by atoms with Gasteiger partial charge in [-0.25, -0.2) is 15.0 Å². The van der Waals surface area contributed by atoms with Crippen LogP contribution in [0.2, 0.25) is 0 Å². The van der Waals surface area contributed by atoms with Gasteiger partial charge in [0.25, 0.3) is 0 Å². The summed E-state index contributed by atoms with van der Waals surface area (Å²) < 4.78 is 10.6. The smallest absolute Gasteiger partial charge is 0.141 e. The van der Waals surface area contributed by atoms with Crippen molar-refractivity contribution in [2.24, 2.45) is 0 Å². The number of hydrogen-bond acceptors (Lipinski definition) is 9.